The fourth-order valence-corrected chi connectivity index (χ4v) is 3.95. The quantitative estimate of drug-likeness (QED) is 0.624. The Hall–Kier alpha value is -2.86. The molecular weight excluding hydrogens is 402 g/mol. The topological polar surface area (TPSA) is 84.7 Å². The van der Waals surface area contributed by atoms with Gasteiger partial charge in [0.2, 0.25) is 5.91 Å². The normalized spacial score (nSPS) is 15.0. The molecule has 172 valence electrons. The molecule has 1 aliphatic heterocycles. The lowest BCUT2D eigenvalue weighted by Crippen LogP contribution is -2.39. The maximum absolute atomic E-state index is 12.3. The molecule has 6 nitrogen and oxygen atoms in total. The number of amides is 2. The first-order valence-corrected chi connectivity index (χ1v) is 11.5. The third-order valence-corrected chi connectivity index (χ3v) is 6.18. The molecule has 1 aliphatic rings. The summed E-state index contributed by atoms with van der Waals surface area (Å²) < 4.78 is 5.77. The number of likely N-dealkylation sites (tertiary alicyclic amines) is 1. The number of primary amides is 1. The summed E-state index contributed by atoms with van der Waals surface area (Å²) in [6.07, 6.45) is 2.64. The van der Waals surface area contributed by atoms with Gasteiger partial charge in [0.05, 0.1) is 0 Å². The lowest BCUT2D eigenvalue weighted by atomic mass is 9.96. The first-order valence-electron chi connectivity index (χ1n) is 11.5. The maximum Gasteiger partial charge on any atom is 0.262 e. The fourth-order valence-electron chi connectivity index (χ4n) is 3.95. The molecular formula is C26H35N3O3. The Bertz CT molecular complexity index is 916. The highest BCUT2D eigenvalue weighted by Crippen LogP contribution is 2.24. The molecule has 0 unspecified atom stereocenters. The minimum atomic E-state index is -0.176. The van der Waals surface area contributed by atoms with Gasteiger partial charge in [0, 0.05) is 18.2 Å². The minimum absolute atomic E-state index is 0.0224. The predicted octanol–water partition coefficient (Wildman–Crippen LogP) is 3.88. The number of aryl methyl sites for hydroxylation is 1. The van der Waals surface area contributed by atoms with Gasteiger partial charge in [-0.25, -0.2) is 0 Å². The second-order valence-corrected chi connectivity index (χ2v) is 8.98. The van der Waals surface area contributed by atoms with E-state index in [0.717, 1.165) is 55.9 Å². The first kappa shape index (κ1) is 23.8. The standard InChI is InChI=1S/C26H35N3O3/c1-18(2)22-7-4-19(3)24(16-22)32-17-25(30)28-23-8-5-20(6-9-23)10-13-29-14-11-21(12-15-29)26(27)31/h4-9,16,18,21H,10-15,17H2,1-3H3,(H2,27,31)(H,28,30). The summed E-state index contributed by atoms with van der Waals surface area (Å²) in [6.45, 7) is 9.02. The van der Waals surface area contributed by atoms with Gasteiger partial charge in [0.15, 0.2) is 6.61 Å². The zero-order valence-corrected chi connectivity index (χ0v) is 19.4. The van der Waals surface area contributed by atoms with Crippen LogP contribution in [0.2, 0.25) is 0 Å². The number of nitrogens with one attached hydrogen (secondary N) is 1. The van der Waals surface area contributed by atoms with Gasteiger partial charge < -0.3 is 20.7 Å². The number of nitrogens with zero attached hydrogens (tertiary/aromatic N) is 1. The highest BCUT2D eigenvalue weighted by molar-refractivity contribution is 5.91. The number of rotatable bonds is 9. The van der Waals surface area contributed by atoms with Crippen LogP contribution in [0.5, 0.6) is 5.75 Å². The molecule has 0 aliphatic carbocycles. The van der Waals surface area contributed by atoms with Gasteiger partial charge in [-0.15, -0.1) is 0 Å². The molecule has 2 aromatic carbocycles. The van der Waals surface area contributed by atoms with Crippen LogP contribution in [0.4, 0.5) is 5.69 Å². The van der Waals surface area contributed by atoms with E-state index in [4.69, 9.17) is 10.5 Å². The SMILES string of the molecule is Cc1ccc(C(C)C)cc1OCC(=O)Nc1ccc(CCN2CCC(C(N)=O)CC2)cc1. The van der Waals surface area contributed by atoms with Crippen molar-refractivity contribution in [3.05, 3.63) is 59.2 Å². The molecule has 0 spiro atoms. The number of benzene rings is 2. The summed E-state index contributed by atoms with van der Waals surface area (Å²) in [7, 11) is 0. The zero-order chi connectivity index (χ0) is 23.1. The number of anilines is 1. The van der Waals surface area contributed by atoms with Gasteiger partial charge in [-0.3, -0.25) is 9.59 Å². The first-order chi connectivity index (χ1) is 15.3. The zero-order valence-electron chi connectivity index (χ0n) is 19.4. The van der Waals surface area contributed by atoms with Gasteiger partial charge in [-0.05, 0) is 80.1 Å². The van der Waals surface area contributed by atoms with Gasteiger partial charge in [0.1, 0.15) is 5.75 Å². The van der Waals surface area contributed by atoms with Crippen molar-refractivity contribution in [2.45, 2.75) is 46.0 Å². The van der Waals surface area contributed by atoms with Crippen molar-refractivity contribution < 1.29 is 14.3 Å². The third-order valence-electron chi connectivity index (χ3n) is 6.18. The van der Waals surface area contributed by atoms with Crippen molar-refractivity contribution in [1.29, 1.82) is 0 Å². The molecule has 0 radical (unpaired) electrons. The summed E-state index contributed by atoms with van der Waals surface area (Å²) in [4.78, 5) is 26.0. The Morgan fingerprint density at radius 1 is 1.12 bits per heavy atom. The van der Waals surface area contributed by atoms with Crippen molar-refractivity contribution in [3.63, 3.8) is 0 Å². The van der Waals surface area contributed by atoms with Gasteiger partial charge in [-0.1, -0.05) is 38.1 Å². The Morgan fingerprint density at radius 3 is 2.44 bits per heavy atom. The number of nitrogens with two attached hydrogens (primary N) is 1. The highest BCUT2D eigenvalue weighted by atomic mass is 16.5. The van der Waals surface area contributed by atoms with Crippen LogP contribution < -0.4 is 15.8 Å². The predicted molar refractivity (Wildman–Crippen MR) is 128 cm³/mol. The molecule has 3 rings (SSSR count). The van der Waals surface area contributed by atoms with Gasteiger partial charge in [-0.2, -0.15) is 0 Å². The summed E-state index contributed by atoms with van der Waals surface area (Å²) in [5, 5.41) is 2.90. The van der Waals surface area contributed by atoms with Crippen LogP contribution in [0.3, 0.4) is 0 Å². The molecule has 2 amide bonds. The number of ether oxygens (including phenoxy) is 1. The van der Waals surface area contributed by atoms with E-state index in [9.17, 15) is 9.59 Å². The van der Waals surface area contributed by atoms with E-state index < -0.39 is 0 Å². The Kier molecular flexibility index (Phi) is 8.28. The van der Waals surface area contributed by atoms with E-state index in [-0.39, 0.29) is 24.3 Å². The number of carbonyl (C=O) groups is 2. The molecule has 0 atom stereocenters. The van der Waals surface area contributed by atoms with E-state index in [1.165, 1.54) is 11.1 Å². The highest BCUT2D eigenvalue weighted by Gasteiger charge is 2.22. The summed E-state index contributed by atoms with van der Waals surface area (Å²) >= 11 is 0. The van der Waals surface area contributed by atoms with Crippen molar-refractivity contribution >= 4 is 17.5 Å². The molecule has 2 aromatic rings. The monoisotopic (exact) mass is 437 g/mol. The van der Waals surface area contributed by atoms with Crippen LogP contribution >= 0.6 is 0 Å². The largest absolute Gasteiger partial charge is 0.483 e. The summed E-state index contributed by atoms with van der Waals surface area (Å²) in [5.74, 6) is 0.839. The number of hydrogen-bond acceptors (Lipinski definition) is 4. The second-order valence-electron chi connectivity index (χ2n) is 8.98. The summed E-state index contributed by atoms with van der Waals surface area (Å²) in [5.41, 5.74) is 9.60. The molecule has 0 saturated carbocycles. The number of carbonyl (C=O) groups excluding carboxylic acids is 2. The Labute approximate surface area is 191 Å². The Balaban J connectivity index is 1.43. The lowest BCUT2D eigenvalue weighted by Gasteiger charge is -2.30. The summed E-state index contributed by atoms with van der Waals surface area (Å²) in [6, 6.07) is 14.1. The molecule has 1 heterocycles. The van der Waals surface area contributed by atoms with E-state index in [2.05, 4.69) is 30.1 Å². The Morgan fingerprint density at radius 2 is 1.81 bits per heavy atom. The van der Waals surface area contributed by atoms with Crippen molar-refractivity contribution in [1.82, 2.24) is 4.90 Å². The maximum atomic E-state index is 12.3. The van der Waals surface area contributed by atoms with Crippen LogP contribution in [0.1, 0.15) is 49.3 Å². The van der Waals surface area contributed by atoms with Crippen LogP contribution in [-0.2, 0) is 16.0 Å². The molecule has 1 saturated heterocycles. The molecule has 0 aromatic heterocycles. The molecule has 1 fully saturated rings. The van der Waals surface area contributed by atoms with E-state index in [1.807, 2.05) is 43.3 Å². The fraction of sp³-hybridized carbons (Fsp3) is 0.462. The smallest absolute Gasteiger partial charge is 0.262 e. The average Bonchev–Trinajstić information content (AvgIpc) is 2.78. The van der Waals surface area contributed by atoms with Crippen LogP contribution in [0, 0.1) is 12.8 Å². The number of piperidine rings is 1. The van der Waals surface area contributed by atoms with Crippen LogP contribution in [0.15, 0.2) is 42.5 Å². The molecule has 6 heteroatoms. The van der Waals surface area contributed by atoms with E-state index in [1.54, 1.807) is 0 Å². The third kappa shape index (κ3) is 6.82. The number of hydrogen-bond donors (Lipinski definition) is 2. The van der Waals surface area contributed by atoms with Crippen molar-refractivity contribution in [3.8, 4) is 5.75 Å². The van der Waals surface area contributed by atoms with Crippen molar-refractivity contribution in [2.24, 2.45) is 11.7 Å². The van der Waals surface area contributed by atoms with Gasteiger partial charge >= 0.3 is 0 Å². The second kappa shape index (κ2) is 11.1. The minimum Gasteiger partial charge on any atom is -0.483 e. The van der Waals surface area contributed by atoms with Gasteiger partial charge in [0.25, 0.3) is 5.91 Å². The molecule has 3 N–H and O–H groups in total. The lowest BCUT2D eigenvalue weighted by molar-refractivity contribution is -0.123. The van der Waals surface area contributed by atoms with Crippen LogP contribution in [-0.4, -0.2) is 43.0 Å². The van der Waals surface area contributed by atoms with Crippen LogP contribution in [0.25, 0.3) is 0 Å². The van der Waals surface area contributed by atoms with E-state index >= 15 is 0 Å². The molecule has 0 bridgehead atoms. The molecule has 32 heavy (non-hydrogen) atoms. The average molecular weight is 438 g/mol. The van der Waals surface area contributed by atoms with E-state index in [0.29, 0.717) is 5.92 Å². The van der Waals surface area contributed by atoms with Crippen molar-refractivity contribution in [2.75, 3.05) is 31.6 Å².